The van der Waals surface area contributed by atoms with Crippen molar-refractivity contribution in [2.75, 3.05) is 6.61 Å². The summed E-state index contributed by atoms with van der Waals surface area (Å²) < 4.78 is 50.5. The Balaban J connectivity index is 1.47. The Morgan fingerprint density at radius 3 is 2.35 bits per heavy atom. The van der Waals surface area contributed by atoms with Crippen molar-refractivity contribution >= 4 is 28.7 Å². The molecule has 1 aromatic heterocycles. The van der Waals surface area contributed by atoms with Crippen LogP contribution in [0.5, 0.6) is 5.75 Å². The van der Waals surface area contributed by atoms with Crippen LogP contribution < -0.4 is 15.4 Å². The van der Waals surface area contributed by atoms with Gasteiger partial charge in [0.05, 0.1) is 24.6 Å². The molecule has 4 aromatic rings. The zero-order valence-electron chi connectivity index (χ0n) is 25.1. The predicted octanol–water partition coefficient (Wildman–Crippen LogP) is 6.05. The van der Waals surface area contributed by atoms with Gasteiger partial charge in [-0.25, -0.2) is 0 Å². The van der Waals surface area contributed by atoms with E-state index in [4.69, 9.17) is 9.47 Å². The van der Waals surface area contributed by atoms with E-state index in [2.05, 4.69) is 15.6 Å². The zero-order valence-corrected chi connectivity index (χ0v) is 25.1. The second-order valence-corrected chi connectivity index (χ2v) is 11.2. The summed E-state index contributed by atoms with van der Waals surface area (Å²) in [5.74, 6) is -1.87. The van der Waals surface area contributed by atoms with Crippen molar-refractivity contribution in [1.82, 2.24) is 15.6 Å². The molecule has 0 fully saturated rings. The summed E-state index contributed by atoms with van der Waals surface area (Å²) in [5.41, 5.74) is 1.63. The molecule has 1 aliphatic heterocycles. The minimum Gasteiger partial charge on any atom is -0.480 e. The lowest BCUT2D eigenvalue weighted by atomic mass is 9.93. The number of halogens is 3. The van der Waals surface area contributed by atoms with E-state index >= 15 is 0 Å². The van der Waals surface area contributed by atoms with Gasteiger partial charge in [0.25, 0.3) is 5.91 Å². The molecule has 3 N–H and O–H groups in total. The third-order valence-electron chi connectivity index (χ3n) is 7.83. The van der Waals surface area contributed by atoms with Gasteiger partial charge >= 0.3 is 12.1 Å². The molecule has 5 rings (SSSR count). The molecular formula is C35H34F3N3O5. The van der Waals surface area contributed by atoms with Gasteiger partial charge in [0.1, 0.15) is 11.8 Å². The average molecular weight is 634 g/mol. The van der Waals surface area contributed by atoms with Crippen molar-refractivity contribution in [3.05, 3.63) is 114 Å². The van der Waals surface area contributed by atoms with Crippen LogP contribution in [0.15, 0.2) is 97.2 Å². The number of benzene rings is 3. The van der Waals surface area contributed by atoms with Gasteiger partial charge < -0.3 is 25.1 Å². The fourth-order valence-corrected chi connectivity index (χ4v) is 5.39. The number of esters is 1. The lowest BCUT2D eigenvalue weighted by Crippen LogP contribution is -2.53. The van der Waals surface area contributed by atoms with Crippen LogP contribution in [-0.2, 0) is 31.7 Å². The topological polar surface area (TPSA) is 110 Å². The molecule has 46 heavy (non-hydrogen) atoms. The molecule has 0 saturated carbocycles. The van der Waals surface area contributed by atoms with Gasteiger partial charge in [-0.15, -0.1) is 0 Å². The van der Waals surface area contributed by atoms with Crippen LogP contribution in [0.1, 0.15) is 42.5 Å². The van der Waals surface area contributed by atoms with Gasteiger partial charge in [0, 0.05) is 29.9 Å². The van der Waals surface area contributed by atoms with E-state index in [0.29, 0.717) is 0 Å². The summed E-state index contributed by atoms with van der Waals surface area (Å²) in [6.45, 7) is 1.73. The number of cyclic esters (lactones) is 1. The summed E-state index contributed by atoms with van der Waals surface area (Å²) >= 11 is 0. The molecule has 0 saturated heterocycles. The Bertz CT molecular complexity index is 1690. The van der Waals surface area contributed by atoms with Gasteiger partial charge in [0.2, 0.25) is 5.91 Å². The Morgan fingerprint density at radius 1 is 0.891 bits per heavy atom. The van der Waals surface area contributed by atoms with Gasteiger partial charge in [0.15, 0.2) is 6.10 Å². The third-order valence-corrected chi connectivity index (χ3v) is 7.83. The molecule has 0 aliphatic carbocycles. The fourth-order valence-electron chi connectivity index (χ4n) is 5.39. The highest BCUT2D eigenvalue weighted by Gasteiger charge is 2.32. The molecule has 11 heteroatoms. The number of ether oxygens (including phenoxy) is 2. The summed E-state index contributed by atoms with van der Waals surface area (Å²) in [6.07, 6.45) is -0.524. The zero-order chi connectivity index (χ0) is 32.7. The number of aromatic nitrogens is 1. The van der Waals surface area contributed by atoms with Crippen molar-refractivity contribution in [2.45, 2.75) is 50.6 Å². The van der Waals surface area contributed by atoms with Crippen molar-refractivity contribution in [3.63, 3.8) is 0 Å². The quantitative estimate of drug-likeness (QED) is 0.183. The molecule has 2 heterocycles. The highest BCUT2D eigenvalue weighted by Crippen LogP contribution is 2.31. The maximum absolute atomic E-state index is 14.1. The molecule has 0 bridgehead atoms. The fraction of sp³-hybridized carbons (Fsp3) is 0.286. The molecule has 0 spiro atoms. The Hall–Kier alpha value is -5.06. The number of fused-ring (bicyclic) bond motifs is 1. The number of carbonyl (C=O) groups excluding carboxylic acids is 3. The first-order valence-electron chi connectivity index (χ1n) is 15.0. The van der Waals surface area contributed by atoms with E-state index in [9.17, 15) is 27.6 Å². The number of carbonyl (C=O) groups is 3. The first-order chi connectivity index (χ1) is 22.1. The average Bonchev–Trinajstić information content (AvgIpc) is 3.45. The molecule has 4 atom stereocenters. The van der Waals surface area contributed by atoms with Crippen LogP contribution >= 0.6 is 0 Å². The van der Waals surface area contributed by atoms with Crippen molar-refractivity contribution < 1.29 is 37.0 Å². The van der Waals surface area contributed by atoms with Crippen LogP contribution in [0.25, 0.3) is 10.9 Å². The van der Waals surface area contributed by atoms with Crippen LogP contribution in [0, 0.1) is 5.92 Å². The molecule has 3 aromatic carbocycles. The molecular weight excluding hydrogens is 599 g/mol. The predicted molar refractivity (Wildman–Crippen MR) is 166 cm³/mol. The third kappa shape index (κ3) is 8.15. The Morgan fingerprint density at radius 2 is 1.61 bits per heavy atom. The van der Waals surface area contributed by atoms with Crippen LogP contribution in [0.3, 0.4) is 0 Å². The molecule has 1 unspecified atom stereocenters. The van der Waals surface area contributed by atoms with E-state index in [1.807, 2.05) is 67.6 Å². The van der Waals surface area contributed by atoms with Crippen LogP contribution in [0.4, 0.5) is 13.2 Å². The van der Waals surface area contributed by atoms with Gasteiger partial charge in [-0.3, -0.25) is 14.4 Å². The number of H-pyrrole nitrogens is 1. The number of amides is 2. The summed E-state index contributed by atoms with van der Waals surface area (Å²) in [5, 5.41) is 6.81. The van der Waals surface area contributed by atoms with Crippen molar-refractivity contribution in [1.29, 1.82) is 0 Å². The number of hydrogen-bond acceptors (Lipinski definition) is 5. The second kappa shape index (κ2) is 14.4. The molecule has 0 radical (unpaired) electrons. The van der Waals surface area contributed by atoms with E-state index in [1.165, 1.54) is 0 Å². The number of alkyl halides is 3. The normalized spacial score (nSPS) is 22.6. The number of hydrogen-bond donors (Lipinski definition) is 3. The number of rotatable bonds is 5. The first-order valence-corrected chi connectivity index (χ1v) is 15.0. The number of nitrogens with one attached hydrogen (secondary N) is 3. The monoisotopic (exact) mass is 633 g/mol. The van der Waals surface area contributed by atoms with Gasteiger partial charge in [-0.2, -0.15) is 13.2 Å². The summed E-state index contributed by atoms with van der Waals surface area (Å²) in [4.78, 5) is 43.5. The highest BCUT2D eigenvalue weighted by atomic mass is 19.4. The summed E-state index contributed by atoms with van der Waals surface area (Å²) in [6, 6.07) is 19.3. The maximum Gasteiger partial charge on any atom is 0.416 e. The second-order valence-electron chi connectivity index (χ2n) is 11.2. The molecule has 8 nitrogen and oxygen atoms in total. The Kier molecular flexibility index (Phi) is 10.1. The lowest BCUT2D eigenvalue weighted by Gasteiger charge is -2.28. The highest BCUT2D eigenvalue weighted by molar-refractivity contribution is 5.91. The number of para-hydroxylation sites is 1. The molecule has 240 valence electrons. The van der Waals surface area contributed by atoms with E-state index < -0.39 is 47.7 Å². The van der Waals surface area contributed by atoms with E-state index in [0.717, 1.165) is 46.3 Å². The largest absolute Gasteiger partial charge is 0.480 e. The molecule has 2 amide bonds. The maximum atomic E-state index is 14.1. The smallest absolute Gasteiger partial charge is 0.416 e. The molecule has 1 aliphatic rings. The van der Waals surface area contributed by atoms with Crippen LogP contribution in [0.2, 0.25) is 0 Å². The van der Waals surface area contributed by atoms with Crippen LogP contribution in [-0.4, -0.2) is 41.5 Å². The van der Waals surface area contributed by atoms with Crippen molar-refractivity contribution in [2.24, 2.45) is 5.92 Å². The SMILES string of the molecule is C[C@H]1/C=C/CC(=O)OCCC(Oc2ccc(C(F)(F)F)cc2)C(=O)N[C@@H](Cc2c[nH]c3ccccc23)C(=O)N[C@H]1c1ccccc1. The van der Waals surface area contributed by atoms with Gasteiger partial charge in [-0.05, 0) is 47.4 Å². The number of aromatic amines is 1. The minimum absolute atomic E-state index is 0.0101. The van der Waals surface area contributed by atoms with Gasteiger partial charge in [-0.1, -0.05) is 67.6 Å². The standard InChI is InChI=1S/C35H34F3N3O5/c1-22-8-7-13-31(42)45-19-18-30(46-26-16-14-25(15-17-26)35(36,37)38)34(44)40-29(20-24-21-39-28-12-6-5-11-27(24)28)33(43)41-32(22)23-9-3-2-4-10-23/h2-12,14-17,21-22,29-30,32,39H,13,18-20H2,1H3,(H,40,44)(H,41,43)/b8-7+/t22-,29-,30?,32+/m0/s1. The lowest BCUT2D eigenvalue weighted by molar-refractivity contribution is -0.144. The van der Waals surface area contributed by atoms with E-state index in [1.54, 1.807) is 12.3 Å². The Labute approximate surface area is 264 Å². The van der Waals surface area contributed by atoms with E-state index in [-0.39, 0.29) is 37.5 Å². The summed E-state index contributed by atoms with van der Waals surface area (Å²) in [7, 11) is 0. The minimum atomic E-state index is -4.54. The van der Waals surface area contributed by atoms with Crippen molar-refractivity contribution in [3.8, 4) is 5.75 Å². The first kappa shape index (κ1) is 32.3.